The van der Waals surface area contributed by atoms with Gasteiger partial charge in [-0.05, 0) is 103 Å². The molecule has 2 aromatic heterocycles. The number of aliphatic hydroxyl groups is 1. The molecule has 2 heterocycles. The lowest BCUT2D eigenvalue weighted by Crippen LogP contribution is -2.48. The summed E-state index contributed by atoms with van der Waals surface area (Å²) >= 11 is 0. The van der Waals surface area contributed by atoms with Gasteiger partial charge in [-0.1, -0.05) is 25.1 Å². The van der Waals surface area contributed by atoms with Gasteiger partial charge in [-0.15, -0.1) is 0 Å². The Balaban J connectivity index is 1.24. The third-order valence-electron chi connectivity index (χ3n) is 10.1. The highest BCUT2D eigenvalue weighted by molar-refractivity contribution is 5.41. The van der Waals surface area contributed by atoms with Crippen molar-refractivity contribution in [3.05, 3.63) is 89.5 Å². The predicted octanol–water partition coefficient (Wildman–Crippen LogP) is 5.47. The van der Waals surface area contributed by atoms with Crippen molar-refractivity contribution in [1.82, 2.24) is 14.9 Å². The molecule has 0 saturated heterocycles. The van der Waals surface area contributed by atoms with Gasteiger partial charge in [-0.25, -0.2) is 0 Å². The van der Waals surface area contributed by atoms with Gasteiger partial charge < -0.3 is 9.84 Å². The number of methoxy groups -OCH3 is 1. The van der Waals surface area contributed by atoms with Crippen LogP contribution < -0.4 is 4.74 Å². The van der Waals surface area contributed by atoms with E-state index in [-0.39, 0.29) is 17.6 Å². The number of nitrogens with zero attached hydrogens (tertiary/aromatic N) is 3. The molecule has 5 nitrogen and oxygen atoms in total. The van der Waals surface area contributed by atoms with Crippen LogP contribution in [-0.2, 0) is 19.3 Å². The Kier molecular flexibility index (Phi) is 7.24. The molecule has 0 spiro atoms. The highest BCUT2D eigenvalue weighted by atomic mass is 16.5. The highest BCUT2D eigenvalue weighted by Crippen LogP contribution is 2.61. The minimum absolute atomic E-state index is 0.0238. The fraction of sp³-hybridized carbons (Fsp3) is 0.515. The Hall–Kier alpha value is -2.76. The van der Waals surface area contributed by atoms with Crippen molar-refractivity contribution >= 4 is 0 Å². The summed E-state index contributed by atoms with van der Waals surface area (Å²) in [4.78, 5) is 11.7. The van der Waals surface area contributed by atoms with E-state index in [0.717, 1.165) is 62.3 Å². The summed E-state index contributed by atoms with van der Waals surface area (Å²) in [7, 11) is 1.76. The van der Waals surface area contributed by atoms with Gasteiger partial charge in [0.15, 0.2) is 0 Å². The van der Waals surface area contributed by atoms with Crippen LogP contribution in [0.4, 0.5) is 0 Å². The first-order valence-corrected chi connectivity index (χ1v) is 14.5. The summed E-state index contributed by atoms with van der Waals surface area (Å²) in [6, 6.07) is 19.2. The maximum absolute atomic E-state index is 12.0. The summed E-state index contributed by atoms with van der Waals surface area (Å²) in [6.45, 7) is 4.20. The van der Waals surface area contributed by atoms with Crippen molar-refractivity contribution in [3.63, 3.8) is 0 Å². The number of rotatable bonds is 8. The highest BCUT2D eigenvalue weighted by Gasteiger charge is 2.58. The van der Waals surface area contributed by atoms with E-state index in [2.05, 4.69) is 64.3 Å². The first-order chi connectivity index (χ1) is 18.6. The Labute approximate surface area is 227 Å². The van der Waals surface area contributed by atoms with Crippen molar-refractivity contribution in [2.24, 2.45) is 17.3 Å². The van der Waals surface area contributed by atoms with Gasteiger partial charge in [0, 0.05) is 55.8 Å². The smallest absolute Gasteiger partial charge is 0.119 e. The summed E-state index contributed by atoms with van der Waals surface area (Å²) in [5.41, 5.74) is 5.21. The standard InChI is InChI=1S/C33H41N3O2/c1-33-16-13-28-27-12-10-26(38-2)21-23(27)9-11-29(28)30(33)22-31(32(33)37)36(19-14-24-7-3-5-17-34-24)20-15-25-8-4-6-18-35-25/h3-8,10,12,17-18,21,28-32,37H,9,11,13-16,19-20,22H2,1-2H3/t28-,29-,30+,31-,32-,33+/m1/s1. The van der Waals surface area contributed by atoms with Crippen LogP contribution in [0.25, 0.3) is 0 Å². The number of fused-ring (bicyclic) bond motifs is 5. The zero-order chi connectivity index (χ0) is 26.1. The lowest BCUT2D eigenvalue weighted by atomic mass is 9.55. The molecule has 3 aliphatic carbocycles. The molecule has 6 rings (SSSR count). The monoisotopic (exact) mass is 511 g/mol. The molecule has 200 valence electrons. The molecule has 38 heavy (non-hydrogen) atoms. The SMILES string of the molecule is COc1ccc2c(c1)CC[C@@H]1[C@@H]2CC[C@]2(C)[C@H](O)[C@H](N(CCc3ccccn3)CCc3ccccn3)C[C@@H]12. The van der Waals surface area contributed by atoms with E-state index in [9.17, 15) is 5.11 Å². The first kappa shape index (κ1) is 25.5. The largest absolute Gasteiger partial charge is 0.497 e. The fourth-order valence-electron chi connectivity index (χ4n) is 8.07. The third-order valence-corrected chi connectivity index (χ3v) is 10.1. The number of aliphatic hydroxyl groups excluding tert-OH is 1. The van der Waals surface area contributed by atoms with Crippen LogP contribution in [0.1, 0.15) is 61.0 Å². The Bertz CT molecular complexity index is 1180. The zero-order valence-electron chi connectivity index (χ0n) is 22.8. The Morgan fingerprint density at radius 1 is 0.974 bits per heavy atom. The average Bonchev–Trinajstić information content (AvgIpc) is 3.24. The zero-order valence-corrected chi connectivity index (χ0v) is 22.8. The maximum Gasteiger partial charge on any atom is 0.119 e. The van der Waals surface area contributed by atoms with E-state index >= 15 is 0 Å². The van der Waals surface area contributed by atoms with Gasteiger partial charge in [-0.3, -0.25) is 14.9 Å². The summed E-state index contributed by atoms with van der Waals surface area (Å²) in [6.07, 6.45) is 10.9. The molecular weight excluding hydrogens is 470 g/mol. The third kappa shape index (κ3) is 4.76. The summed E-state index contributed by atoms with van der Waals surface area (Å²) < 4.78 is 5.52. The van der Waals surface area contributed by atoms with Crippen molar-refractivity contribution in [1.29, 1.82) is 0 Å². The predicted molar refractivity (Wildman–Crippen MR) is 150 cm³/mol. The van der Waals surface area contributed by atoms with Crippen molar-refractivity contribution in [2.45, 2.75) is 69.9 Å². The number of hydrogen-bond acceptors (Lipinski definition) is 5. The van der Waals surface area contributed by atoms with Gasteiger partial charge in [0.2, 0.25) is 0 Å². The number of hydrogen-bond donors (Lipinski definition) is 1. The summed E-state index contributed by atoms with van der Waals surface area (Å²) in [5.74, 6) is 2.76. The van der Waals surface area contributed by atoms with Crippen LogP contribution >= 0.6 is 0 Å². The van der Waals surface area contributed by atoms with Crippen molar-refractivity contribution < 1.29 is 9.84 Å². The first-order valence-electron chi connectivity index (χ1n) is 14.5. The van der Waals surface area contributed by atoms with Crippen molar-refractivity contribution in [2.75, 3.05) is 20.2 Å². The van der Waals surface area contributed by atoms with E-state index in [1.54, 1.807) is 7.11 Å². The van der Waals surface area contributed by atoms with Gasteiger partial charge in [0.1, 0.15) is 5.75 Å². The molecule has 1 aromatic carbocycles. The molecule has 0 aliphatic heterocycles. The van der Waals surface area contributed by atoms with Crippen LogP contribution in [0.5, 0.6) is 5.75 Å². The van der Waals surface area contributed by atoms with Crippen LogP contribution in [0.15, 0.2) is 67.0 Å². The molecule has 0 radical (unpaired) electrons. The number of aryl methyl sites for hydroxylation is 1. The number of benzene rings is 1. The Morgan fingerprint density at radius 2 is 1.68 bits per heavy atom. The van der Waals surface area contributed by atoms with Crippen LogP contribution in [0, 0.1) is 17.3 Å². The summed E-state index contributed by atoms with van der Waals surface area (Å²) in [5, 5.41) is 12.0. The van der Waals surface area contributed by atoms with Gasteiger partial charge in [0.05, 0.1) is 13.2 Å². The second kappa shape index (κ2) is 10.8. The topological polar surface area (TPSA) is 58.5 Å². The molecule has 1 N–H and O–H groups in total. The second-order valence-corrected chi connectivity index (χ2v) is 12.0. The van der Waals surface area contributed by atoms with Gasteiger partial charge in [-0.2, -0.15) is 0 Å². The van der Waals surface area contributed by atoms with Crippen LogP contribution in [-0.4, -0.2) is 52.3 Å². The van der Waals surface area contributed by atoms with Crippen LogP contribution in [0.3, 0.4) is 0 Å². The van der Waals surface area contributed by atoms with Gasteiger partial charge in [0.25, 0.3) is 0 Å². The molecule has 0 amide bonds. The van der Waals surface area contributed by atoms with E-state index in [1.165, 1.54) is 24.0 Å². The van der Waals surface area contributed by atoms with E-state index in [1.807, 2.05) is 24.5 Å². The molecule has 0 unspecified atom stereocenters. The van der Waals surface area contributed by atoms with Gasteiger partial charge >= 0.3 is 0 Å². The quantitative estimate of drug-likeness (QED) is 0.435. The Morgan fingerprint density at radius 3 is 2.32 bits per heavy atom. The maximum atomic E-state index is 12.0. The molecule has 3 aliphatic rings. The lowest BCUT2D eigenvalue weighted by molar-refractivity contribution is -0.0407. The molecule has 0 bridgehead atoms. The lowest BCUT2D eigenvalue weighted by Gasteiger charge is -2.50. The normalized spacial score (nSPS) is 29.9. The number of aromatic nitrogens is 2. The number of pyridine rings is 2. The molecule has 3 aromatic rings. The molecule has 6 atom stereocenters. The molecular formula is C33H41N3O2. The molecule has 2 saturated carbocycles. The van der Waals surface area contributed by atoms with Crippen molar-refractivity contribution in [3.8, 4) is 5.75 Å². The molecule has 2 fully saturated rings. The van der Waals surface area contributed by atoms with Crippen LogP contribution in [0.2, 0.25) is 0 Å². The second-order valence-electron chi connectivity index (χ2n) is 12.0. The minimum atomic E-state index is -0.307. The fourth-order valence-corrected chi connectivity index (χ4v) is 8.07. The molecule has 5 heteroatoms. The minimum Gasteiger partial charge on any atom is -0.497 e. The average molecular weight is 512 g/mol. The number of ether oxygens (including phenoxy) is 1. The van der Waals surface area contributed by atoms with E-state index in [0.29, 0.717) is 17.8 Å². The van der Waals surface area contributed by atoms with E-state index < -0.39 is 0 Å². The van der Waals surface area contributed by atoms with E-state index in [4.69, 9.17) is 4.74 Å².